The number of nitrogens with two attached hydrogens (primary N) is 1. The highest BCUT2D eigenvalue weighted by Crippen LogP contribution is 2.40. The smallest absolute Gasteiger partial charge is 0.330 e. The maximum atomic E-state index is 11.0. The Balaban J connectivity index is 2.87. The molecule has 1 rings (SSSR count). The first-order valence-electron chi connectivity index (χ1n) is 4.26. The van der Waals surface area contributed by atoms with E-state index in [-0.39, 0.29) is 5.66 Å². The number of rotatable bonds is 4. The Morgan fingerprint density at radius 3 is 2.43 bits per heavy atom. The van der Waals surface area contributed by atoms with Crippen molar-refractivity contribution in [3.63, 3.8) is 0 Å². The molecule has 0 bridgehead atoms. The van der Waals surface area contributed by atoms with E-state index in [9.17, 15) is 4.57 Å². The van der Waals surface area contributed by atoms with Gasteiger partial charge in [0.05, 0.1) is 0 Å². The molecule has 0 saturated heterocycles. The second kappa shape index (κ2) is 5.42. The van der Waals surface area contributed by atoms with Crippen molar-refractivity contribution in [2.24, 2.45) is 5.73 Å². The molecule has 2 atom stereocenters. The normalized spacial score (nSPS) is 13.8. The summed E-state index contributed by atoms with van der Waals surface area (Å²) in [5, 5.41) is 0.619. The Bertz CT molecular complexity index is 315. The Kier molecular flexibility index (Phi) is 4.49. The molecule has 0 aliphatic heterocycles. The Labute approximate surface area is 88.8 Å². The summed E-state index contributed by atoms with van der Waals surface area (Å²) < 4.78 is 11.0. The SMILES string of the molecule is NCCC(c1ccc(Cl)cc1)[P+](=O)O. The van der Waals surface area contributed by atoms with Crippen molar-refractivity contribution >= 4 is 19.6 Å². The van der Waals surface area contributed by atoms with Gasteiger partial charge in [0.2, 0.25) is 5.66 Å². The van der Waals surface area contributed by atoms with E-state index in [1.807, 2.05) is 0 Å². The summed E-state index contributed by atoms with van der Waals surface area (Å²) in [6.07, 6.45) is 0.507. The molecule has 5 heteroatoms. The third kappa shape index (κ3) is 3.03. The molecule has 76 valence electrons. The largest absolute Gasteiger partial charge is 0.513 e. The summed E-state index contributed by atoms with van der Waals surface area (Å²) in [5.41, 5.74) is 5.80. The molecule has 3 nitrogen and oxygen atoms in total. The van der Waals surface area contributed by atoms with Gasteiger partial charge < -0.3 is 5.73 Å². The molecule has 2 unspecified atom stereocenters. The molecule has 1 aromatic carbocycles. The van der Waals surface area contributed by atoms with E-state index in [0.29, 0.717) is 18.0 Å². The van der Waals surface area contributed by atoms with Crippen LogP contribution in [0.15, 0.2) is 24.3 Å². The first-order chi connectivity index (χ1) is 6.65. The number of hydrogen-bond acceptors (Lipinski definition) is 2. The Morgan fingerprint density at radius 2 is 2.00 bits per heavy atom. The molecule has 0 aliphatic carbocycles. The molecule has 14 heavy (non-hydrogen) atoms. The van der Waals surface area contributed by atoms with Crippen molar-refractivity contribution < 1.29 is 9.46 Å². The third-order valence-corrected chi connectivity index (χ3v) is 3.30. The molecule has 1 aromatic rings. The van der Waals surface area contributed by atoms with E-state index in [1.165, 1.54) is 0 Å². The fourth-order valence-corrected chi connectivity index (χ4v) is 2.17. The summed E-state index contributed by atoms with van der Waals surface area (Å²) >= 11 is 5.71. The van der Waals surface area contributed by atoms with Gasteiger partial charge in [-0.3, -0.25) is 0 Å². The summed E-state index contributed by atoms with van der Waals surface area (Å²) in [7, 11) is -2.23. The van der Waals surface area contributed by atoms with Crippen molar-refractivity contribution in [3.8, 4) is 0 Å². The van der Waals surface area contributed by atoms with E-state index in [1.54, 1.807) is 24.3 Å². The Morgan fingerprint density at radius 1 is 1.43 bits per heavy atom. The summed E-state index contributed by atoms with van der Waals surface area (Å²) in [5.74, 6) is 0. The van der Waals surface area contributed by atoms with Crippen molar-refractivity contribution in [2.75, 3.05) is 6.54 Å². The third-order valence-electron chi connectivity index (χ3n) is 1.96. The van der Waals surface area contributed by atoms with Gasteiger partial charge in [-0.25, -0.2) is 0 Å². The lowest BCUT2D eigenvalue weighted by Gasteiger charge is -2.03. The van der Waals surface area contributed by atoms with Gasteiger partial charge in [0.15, 0.2) is 0 Å². The summed E-state index contributed by atoms with van der Waals surface area (Å²) in [6, 6.07) is 6.93. The van der Waals surface area contributed by atoms with Crippen molar-refractivity contribution in [2.45, 2.75) is 12.1 Å². The van der Waals surface area contributed by atoms with E-state index in [0.717, 1.165) is 5.56 Å². The monoisotopic (exact) mass is 232 g/mol. The van der Waals surface area contributed by atoms with E-state index in [4.69, 9.17) is 22.2 Å². The van der Waals surface area contributed by atoms with Crippen LogP contribution in [0.2, 0.25) is 5.02 Å². The summed E-state index contributed by atoms with van der Waals surface area (Å²) in [6.45, 7) is 0.398. The fourth-order valence-electron chi connectivity index (χ4n) is 1.25. The van der Waals surface area contributed by atoms with Crippen LogP contribution < -0.4 is 5.73 Å². The minimum absolute atomic E-state index is 0.382. The van der Waals surface area contributed by atoms with Gasteiger partial charge in [-0.1, -0.05) is 23.7 Å². The van der Waals surface area contributed by atoms with Gasteiger partial charge >= 0.3 is 8.03 Å². The highest BCUT2D eigenvalue weighted by atomic mass is 35.5. The van der Waals surface area contributed by atoms with Crippen LogP contribution in [-0.2, 0) is 4.57 Å². The molecule has 0 aromatic heterocycles. The highest BCUT2D eigenvalue weighted by Gasteiger charge is 2.29. The van der Waals surface area contributed by atoms with Crippen molar-refractivity contribution in [3.05, 3.63) is 34.9 Å². The maximum absolute atomic E-state index is 11.0. The number of hydrogen-bond donors (Lipinski definition) is 2. The average Bonchev–Trinajstić information content (AvgIpc) is 2.15. The van der Waals surface area contributed by atoms with Gasteiger partial charge in [-0.05, 0) is 23.2 Å². The molecule has 0 radical (unpaired) electrons. The van der Waals surface area contributed by atoms with Crippen molar-refractivity contribution in [1.29, 1.82) is 0 Å². The van der Waals surface area contributed by atoms with Gasteiger partial charge in [0.25, 0.3) is 0 Å². The minimum Gasteiger partial charge on any atom is -0.330 e. The zero-order chi connectivity index (χ0) is 10.6. The van der Waals surface area contributed by atoms with Crippen LogP contribution in [0.5, 0.6) is 0 Å². The minimum atomic E-state index is -2.23. The molecule has 0 amide bonds. The van der Waals surface area contributed by atoms with Crippen LogP contribution in [-0.4, -0.2) is 11.4 Å². The van der Waals surface area contributed by atoms with Crippen LogP contribution in [0, 0.1) is 0 Å². The lowest BCUT2D eigenvalue weighted by atomic mass is 10.1. The molecule has 0 spiro atoms. The van der Waals surface area contributed by atoms with Crippen molar-refractivity contribution in [1.82, 2.24) is 0 Å². The first-order valence-corrected chi connectivity index (χ1v) is 5.92. The fraction of sp³-hybridized carbons (Fsp3) is 0.333. The molecule has 0 saturated carbocycles. The molecule has 3 N–H and O–H groups in total. The second-order valence-electron chi connectivity index (χ2n) is 2.95. The van der Waals surface area contributed by atoms with Crippen LogP contribution in [0.3, 0.4) is 0 Å². The van der Waals surface area contributed by atoms with E-state index >= 15 is 0 Å². The standard InChI is InChI=1S/C9H11ClNO2P/c10-8-3-1-7(2-4-8)9(5-6-11)14(12)13/h1-4,9H,5-6,11H2/p+1. The van der Waals surface area contributed by atoms with Crippen LogP contribution in [0.25, 0.3) is 0 Å². The van der Waals surface area contributed by atoms with Gasteiger partial charge in [-0.15, -0.1) is 0 Å². The van der Waals surface area contributed by atoms with Gasteiger partial charge in [0.1, 0.15) is 0 Å². The molecule has 0 aliphatic rings. The number of halogens is 1. The molecular formula is C9H12ClNO2P+. The second-order valence-corrected chi connectivity index (χ2v) is 4.61. The lowest BCUT2D eigenvalue weighted by Crippen LogP contribution is -2.04. The topological polar surface area (TPSA) is 63.3 Å². The van der Waals surface area contributed by atoms with Crippen LogP contribution in [0.4, 0.5) is 0 Å². The van der Waals surface area contributed by atoms with Crippen LogP contribution >= 0.6 is 19.6 Å². The van der Waals surface area contributed by atoms with Crippen LogP contribution in [0.1, 0.15) is 17.6 Å². The molecule has 0 fully saturated rings. The zero-order valence-electron chi connectivity index (χ0n) is 7.56. The molecule has 0 heterocycles. The quantitative estimate of drug-likeness (QED) is 0.784. The Hall–Kier alpha value is -0.470. The summed E-state index contributed by atoms with van der Waals surface area (Å²) in [4.78, 5) is 9.09. The van der Waals surface area contributed by atoms with Gasteiger partial charge in [0, 0.05) is 17.0 Å². The molecular weight excluding hydrogens is 221 g/mol. The van der Waals surface area contributed by atoms with E-state index < -0.39 is 8.03 Å². The first kappa shape index (κ1) is 11.6. The predicted octanol–water partition coefficient (Wildman–Crippen LogP) is 2.46. The predicted molar refractivity (Wildman–Crippen MR) is 57.7 cm³/mol. The number of benzene rings is 1. The maximum Gasteiger partial charge on any atom is 0.513 e. The van der Waals surface area contributed by atoms with E-state index in [2.05, 4.69) is 0 Å². The zero-order valence-corrected chi connectivity index (χ0v) is 9.21. The lowest BCUT2D eigenvalue weighted by molar-refractivity contribution is 0.486. The highest BCUT2D eigenvalue weighted by molar-refractivity contribution is 7.38. The average molecular weight is 233 g/mol. The van der Waals surface area contributed by atoms with Gasteiger partial charge in [-0.2, -0.15) is 4.89 Å².